The fourth-order valence-corrected chi connectivity index (χ4v) is 8.17. The van der Waals surface area contributed by atoms with Crippen LogP contribution < -0.4 is 0 Å². The van der Waals surface area contributed by atoms with Gasteiger partial charge in [0.15, 0.2) is 0 Å². The molecule has 2 unspecified atom stereocenters. The highest BCUT2D eigenvalue weighted by Crippen LogP contribution is 2.33. The molecule has 1 heterocycles. The quantitative estimate of drug-likeness (QED) is 0.169. The minimum atomic E-state index is -0.902. The average molecular weight is 799 g/mol. The van der Waals surface area contributed by atoms with Gasteiger partial charge in [-0.3, -0.25) is 19.2 Å². The Hall–Kier alpha value is -2.36. The topological polar surface area (TPSA) is 171 Å². The molecule has 0 spiro atoms. The molecular weight excluding hydrogens is 724 g/mol. The monoisotopic (exact) mass is 799 g/mol. The minimum Gasteiger partial charge on any atom is -0.481 e. The third-order valence-electron chi connectivity index (χ3n) is 11.3. The highest BCUT2D eigenvalue weighted by Gasteiger charge is 2.39. The Bertz CT molecular complexity index is 1030. The zero-order chi connectivity index (χ0) is 40.4. The van der Waals surface area contributed by atoms with Crippen LogP contribution in [0.5, 0.6) is 0 Å². The first-order valence-corrected chi connectivity index (χ1v) is 21.8. The van der Waals surface area contributed by atoms with Gasteiger partial charge in [0.1, 0.15) is 0 Å². The summed E-state index contributed by atoms with van der Waals surface area (Å²) < 4.78 is 36.1. The van der Waals surface area contributed by atoms with E-state index in [2.05, 4.69) is 13.8 Å². The number of ether oxygens (including phenoxy) is 6. The van der Waals surface area contributed by atoms with Crippen LogP contribution in [0.1, 0.15) is 117 Å². The molecule has 56 heavy (non-hydrogen) atoms. The molecule has 324 valence electrons. The van der Waals surface area contributed by atoms with Crippen molar-refractivity contribution in [3.8, 4) is 0 Å². The van der Waals surface area contributed by atoms with Gasteiger partial charge >= 0.3 is 11.9 Å². The van der Waals surface area contributed by atoms with E-state index < -0.39 is 47.8 Å². The van der Waals surface area contributed by atoms with Gasteiger partial charge in [-0.05, 0) is 38.5 Å². The Kier molecular flexibility index (Phi) is 24.8. The fourth-order valence-electron chi connectivity index (χ4n) is 8.17. The predicted octanol–water partition coefficient (Wildman–Crippen LogP) is 5.44. The number of carbonyl (C=O) groups excluding carboxylic acids is 2. The van der Waals surface area contributed by atoms with Crippen LogP contribution in [0, 0.1) is 23.7 Å². The Labute approximate surface area is 335 Å². The summed E-state index contributed by atoms with van der Waals surface area (Å²) in [5, 5.41) is 19.8. The van der Waals surface area contributed by atoms with Crippen LogP contribution in [0.15, 0.2) is 0 Å². The number of amides is 2. The molecular formula is C42H74N2O12. The second-order valence-electron chi connectivity index (χ2n) is 15.7. The maximum absolute atomic E-state index is 14.0. The Morgan fingerprint density at radius 2 is 0.839 bits per heavy atom. The van der Waals surface area contributed by atoms with E-state index in [9.17, 15) is 29.4 Å². The van der Waals surface area contributed by atoms with E-state index in [0.29, 0.717) is 91.5 Å². The van der Waals surface area contributed by atoms with Gasteiger partial charge in [-0.15, -0.1) is 0 Å². The normalized spacial score (nSPS) is 26.7. The summed E-state index contributed by atoms with van der Waals surface area (Å²) in [5.41, 5.74) is 0. The number of unbranched alkanes of at least 4 members (excludes halogenated alkanes) is 6. The first-order valence-electron chi connectivity index (χ1n) is 21.8. The van der Waals surface area contributed by atoms with E-state index in [1.165, 1.54) is 0 Å². The zero-order valence-electron chi connectivity index (χ0n) is 34.5. The Morgan fingerprint density at radius 1 is 0.482 bits per heavy atom. The predicted molar refractivity (Wildman–Crippen MR) is 210 cm³/mol. The van der Waals surface area contributed by atoms with Crippen molar-refractivity contribution >= 4 is 23.8 Å². The lowest BCUT2D eigenvalue weighted by molar-refractivity contribution is -0.154. The van der Waals surface area contributed by atoms with Crippen molar-refractivity contribution < 1.29 is 57.8 Å². The third-order valence-corrected chi connectivity index (χ3v) is 11.3. The van der Waals surface area contributed by atoms with Crippen molar-refractivity contribution in [2.75, 3.05) is 92.2 Å². The van der Waals surface area contributed by atoms with Gasteiger partial charge in [-0.2, -0.15) is 0 Å². The second kappa shape index (κ2) is 28.9. The summed E-state index contributed by atoms with van der Waals surface area (Å²) >= 11 is 0. The van der Waals surface area contributed by atoms with Crippen molar-refractivity contribution in [2.24, 2.45) is 23.7 Å². The highest BCUT2D eigenvalue weighted by atomic mass is 16.6. The lowest BCUT2D eigenvalue weighted by Gasteiger charge is -2.35. The molecule has 6 atom stereocenters. The van der Waals surface area contributed by atoms with Crippen LogP contribution in [0.2, 0.25) is 0 Å². The van der Waals surface area contributed by atoms with Crippen molar-refractivity contribution in [1.29, 1.82) is 0 Å². The Balaban J connectivity index is 1.66. The van der Waals surface area contributed by atoms with Gasteiger partial charge in [0.2, 0.25) is 11.8 Å². The van der Waals surface area contributed by atoms with E-state index in [0.717, 1.165) is 77.0 Å². The standard InChI is InChI=1S/C42H74N2O12/c1-3-5-7-13-19-43(39(45)35-15-9-11-17-37(35)41(47)48)29-33-31-53-23-24-54-32-34(56-28-26-52-22-21-51-25-27-55-33)30-44(20-14-8-6-4-2)40(46)36-16-10-12-18-38(36)42(49)50/h33-38H,3-32H2,1-2H3,(H,47,48)(H,49,50)/t33?,34?,35-,36+,37+,38-. The van der Waals surface area contributed by atoms with Crippen LogP contribution in [0.3, 0.4) is 0 Å². The molecule has 1 saturated heterocycles. The maximum Gasteiger partial charge on any atom is 0.307 e. The molecule has 3 fully saturated rings. The molecule has 1 aliphatic heterocycles. The summed E-state index contributed by atoms with van der Waals surface area (Å²) in [6.07, 6.45) is 12.5. The number of carbonyl (C=O) groups is 4. The van der Waals surface area contributed by atoms with Crippen LogP contribution >= 0.6 is 0 Å². The lowest BCUT2D eigenvalue weighted by Crippen LogP contribution is -2.47. The van der Waals surface area contributed by atoms with Crippen molar-refractivity contribution in [3.63, 3.8) is 0 Å². The largest absolute Gasteiger partial charge is 0.481 e. The molecule has 14 heteroatoms. The highest BCUT2D eigenvalue weighted by molar-refractivity contribution is 5.85. The number of carboxylic acids is 2. The van der Waals surface area contributed by atoms with Gasteiger partial charge in [0.05, 0.1) is 102 Å². The van der Waals surface area contributed by atoms with Crippen LogP contribution in [-0.2, 0) is 47.6 Å². The van der Waals surface area contributed by atoms with Crippen LogP contribution in [-0.4, -0.2) is 148 Å². The molecule has 2 saturated carbocycles. The third kappa shape index (κ3) is 18.1. The van der Waals surface area contributed by atoms with Gasteiger partial charge in [0.25, 0.3) is 0 Å². The fraction of sp³-hybridized carbons (Fsp3) is 0.905. The summed E-state index contributed by atoms with van der Waals surface area (Å²) in [7, 11) is 0. The van der Waals surface area contributed by atoms with Crippen molar-refractivity contribution in [2.45, 2.75) is 129 Å². The molecule has 0 aromatic carbocycles. The summed E-state index contributed by atoms with van der Waals surface area (Å²) in [5.74, 6) is -4.44. The van der Waals surface area contributed by atoms with Crippen molar-refractivity contribution in [1.82, 2.24) is 9.80 Å². The Morgan fingerprint density at radius 3 is 1.21 bits per heavy atom. The first kappa shape index (κ1) is 48.0. The molecule has 0 radical (unpaired) electrons. The molecule has 0 bridgehead atoms. The molecule has 0 aromatic heterocycles. The average Bonchev–Trinajstić information content (AvgIpc) is 3.20. The molecule has 3 rings (SSSR count). The molecule has 2 N–H and O–H groups in total. The van der Waals surface area contributed by atoms with Crippen LogP contribution in [0.4, 0.5) is 0 Å². The summed E-state index contributed by atoms with van der Waals surface area (Å²) in [6, 6.07) is 0. The maximum atomic E-state index is 14.0. The molecule has 14 nitrogen and oxygen atoms in total. The molecule has 3 aliphatic rings. The van der Waals surface area contributed by atoms with Gasteiger partial charge < -0.3 is 48.4 Å². The lowest BCUT2D eigenvalue weighted by atomic mass is 9.78. The van der Waals surface area contributed by atoms with Gasteiger partial charge in [-0.1, -0.05) is 78.1 Å². The van der Waals surface area contributed by atoms with E-state index in [4.69, 9.17) is 28.4 Å². The zero-order valence-corrected chi connectivity index (χ0v) is 34.5. The second-order valence-corrected chi connectivity index (χ2v) is 15.7. The first-order chi connectivity index (χ1) is 27.3. The van der Waals surface area contributed by atoms with E-state index >= 15 is 0 Å². The number of hydrogen-bond acceptors (Lipinski definition) is 10. The summed E-state index contributed by atoms with van der Waals surface area (Å²) in [4.78, 5) is 55.7. The number of nitrogens with zero attached hydrogens (tertiary/aromatic N) is 2. The van der Waals surface area contributed by atoms with Gasteiger partial charge in [-0.25, -0.2) is 0 Å². The number of carboxylic acid groups (broad SMARTS) is 2. The van der Waals surface area contributed by atoms with Crippen molar-refractivity contribution in [3.05, 3.63) is 0 Å². The smallest absolute Gasteiger partial charge is 0.307 e. The SMILES string of the molecule is CCCCCCN(CC1COCCOCC(CN(CCCCCC)C(=O)[C@@H]2CCCC[C@@H]2C(=O)O)OCCOCCOCCO1)C(=O)[C@H]1CCCC[C@H]1C(=O)O. The number of aliphatic carboxylic acids is 2. The minimum absolute atomic E-state index is 0.112. The van der Waals surface area contributed by atoms with Gasteiger partial charge in [0, 0.05) is 26.2 Å². The molecule has 0 aromatic rings. The van der Waals surface area contributed by atoms with E-state index in [1.54, 1.807) is 9.80 Å². The number of rotatable bonds is 18. The van der Waals surface area contributed by atoms with E-state index in [1.807, 2.05) is 0 Å². The molecule has 2 amide bonds. The van der Waals surface area contributed by atoms with Crippen LogP contribution in [0.25, 0.3) is 0 Å². The number of hydrogen-bond donors (Lipinski definition) is 2. The molecule has 2 aliphatic carbocycles. The summed E-state index contributed by atoms with van der Waals surface area (Å²) in [6.45, 7) is 8.90. The van der Waals surface area contributed by atoms with E-state index in [-0.39, 0.29) is 38.2 Å².